The highest BCUT2D eigenvalue weighted by Crippen LogP contribution is 2.26. The van der Waals surface area contributed by atoms with Crippen LogP contribution in [0.2, 0.25) is 0 Å². The minimum atomic E-state index is -0.0563. The predicted octanol–water partition coefficient (Wildman–Crippen LogP) is 4.03. The molecule has 1 aliphatic rings. The molecule has 0 saturated heterocycles. The first-order valence-corrected chi connectivity index (χ1v) is 9.19. The maximum atomic E-state index is 12.2. The van der Waals surface area contributed by atoms with E-state index in [1.54, 1.807) is 4.90 Å². The summed E-state index contributed by atoms with van der Waals surface area (Å²) >= 11 is 3.47. The first-order chi connectivity index (χ1) is 11.1. The van der Waals surface area contributed by atoms with E-state index in [2.05, 4.69) is 21.2 Å². The minimum Gasteiger partial charge on any atom is -0.353 e. The molecule has 1 fully saturated rings. The Kier molecular flexibility index (Phi) is 7.09. The Balaban J connectivity index is 1.90. The lowest BCUT2D eigenvalue weighted by Gasteiger charge is -2.23. The minimum absolute atomic E-state index is 0.0372. The number of hydrogen-bond acceptors (Lipinski definition) is 2. The number of halogens is 1. The Morgan fingerprint density at radius 1 is 1.17 bits per heavy atom. The van der Waals surface area contributed by atoms with E-state index in [1.807, 2.05) is 24.3 Å². The topological polar surface area (TPSA) is 49.4 Å². The third kappa shape index (κ3) is 5.65. The van der Waals surface area contributed by atoms with Crippen LogP contribution in [0.4, 0.5) is 5.69 Å². The van der Waals surface area contributed by atoms with E-state index in [-0.39, 0.29) is 11.8 Å². The summed E-state index contributed by atoms with van der Waals surface area (Å²) in [6, 6.07) is 7.89. The molecule has 1 aromatic carbocycles. The Morgan fingerprint density at radius 3 is 2.43 bits per heavy atom. The molecule has 0 radical (unpaired) electrons. The summed E-state index contributed by atoms with van der Waals surface area (Å²) in [6.45, 7) is 1.93. The summed E-state index contributed by atoms with van der Waals surface area (Å²) in [5.74, 6) is -0.0191. The van der Waals surface area contributed by atoms with Crippen LogP contribution in [-0.2, 0) is 9.59 Å². The molecule has 2 rings (SSSR count). The molecular formula is C18H25BrN2O2. The zero-order chi connectivity index (χ0) is 16.7. The van der Waals surface area contributed by atoms with Crippen LogP contribution in [0.15, 0.2) is 28.7 Å². The van der Waals surface area contributed by atoms with E-state index in [4.69, 9.17) is 0 Å². The second-order valence-electron chi connectivity index (χ2n) is 6.13. The predicted molar refractivity (Wildman–Crippen MR) is 96.4 cm³/mol. The van der Waals surface area contributed by atoms with Gasteiger partial charge in [-0.15, -0.1) is 0 Å². The van der Waals surface area contributed by atoms with Crippen LogP contribution in [0.25, 0.3) is 0 Å². The van der Waals surface area contributed by atoms with Crippen LogP contribution in [0.5, 0.6) is 0 Å². The molecule has 0 spiro atoms. The fourth-order valence-electron chi connectivity index (χ4n) is 3.06. The molecular weight excluding hydrogens is 356 g/mol. The summed E-state index contributed by atoms with van der Waals surface area (Å²) in [7, 11) is 0. The molecule has 4 nitrogen and oxygen atoms in total. The number of anilines is 1. The van der Waals surface area contributed by atoms with Crippen LogP contribution in [0.3, 0.4) is 0 Å². The summed E-state index contributed by atoms with van der Waals surface area (Å²) in [6.07, 6.45) is 7.41. The van der Waals surface area contributed by atoms with Gasteiger partial charge in [0.1, 0.15) is 0 Å². The van der Waals surface area contributed by atoms with Gasteiger partial charge in [0.15, 0.2) is 0 Å². The van der Waals surface area contributed by atoms with Crippen LogP contribution in [-0.4, -0.2) is 24.4 Å². The average Bonchev–Trinajstić information content (AvgIpc) is 2.77. The van der Waals surface area contributed by atoms with Crippen molar-refractivity contribution in [3.05, 3.63) is 28.7 Å². The summed E-state index contributed by atoms with van der Waals surface area (Å²) < 4.78 is 0.861. The number of carbonyl (C=O) groups is 2. The summed E-state index contributed by atoms with van der Waals surface area (Å²) in [4.78, 5) is 25.8. The standard InChI is InChI=1S/C18H25BrN2O2/c1-14(22)21(17-11-7-6-10-16(17)19)13-12-18(23)20-15-8-4-2-3-5-9-15/h6-7,10-11,15H,2-5,8-9,12-13H2,1H3,(H,20,23). The first-order valence-electron chi connectivity index (χ1n) is 8.40. The van der Waals surface area contributed by atoms with Gasteiger partial charge < -0.3 is 10.2 Å². The molecule has 126 valence electrons. The van der Waals surface area contributed by atoms with Crippen LogP contribution in [0, 0.1) is 0 Å². The lowest BCUT2D eigenvalue weighted by Crippen LogP contribution is -2.38. The van der Waals surface area contributed by atoms with E-state index in [0.717, 1.165) is 23.0 Å². The summed E-state index contributed by atoms with van der Waals surface area (Å²) in [5.41, 5.74) is 0.808. The second kappa shape index (κ2) is 9.06. The van der Waals surface area contributed by atoms with E-state index < -0.39 is 0 Å². The zero-order valence-electron chi connectivity index (χ0n) is 13.7. The second-order valence-corrected chi connectivity index (χ2v) is 6.98. The smallest absolute Gasteiger partial charge is 0.223 e. The van der Waals surface area contributed by atoms with Crippen molar-refractivity contribution < 1.29 is 9.59 Å². The van der Waals surface area contributed by atoms with Gasteiger partial charge in [-0.3, -0.25) is 9.59 Å². The van der Waals surface area contributed by atoms with Gasteiger partial charge >= 0.3 is 0 Å². The molecule has 1 aromatic rings. The van der Waals surface area contributed by atoms with E-state index >= 15 is 0 Å². The van der Waals surface area contributed by atoms with Crippen molar-refractivity contribution in [3.8, 4) is 0 Å². The third-order valence-corrected chi connectivity index (χ3v) is 4.98. The average molecular weight is 381 g/mol. The molecule has 0 aromatic heterocycles. The molecule has 1 saturated carbocycles. The van der Waals surface area contributed by atoms with Gasteiger partial charge in [0.05, 0.1) is 5.69 Å². The monoisotopic (exact) mass is 380 g/mol. The van der Waals surface area contributed by atoms with Gasteiger partial charge in [0.2, 0.25) is 11.8 Å². The number of amides is 2. The fraction of sp³-hybridized carbons (Fsp3) is 0.556. The quantitative estimate of drug-likeness (QED) is 0.783. The van der Waals surface area contributed by atoms with E-state index in [0.29, 0.717) is 19.0 Å². The molecule has 23 heavy (non-hydrogen) atoms. The number of nitrogens with zero attached hydrogens (tertiary/aromatic N) is 1. The van der Waals surface area contributed by atoms with Crippen molar-refractivity contribution in [2.75, 3.05) is 11.4 Å². The van der Waals surface area contributed by atoms with Crippen molar-refractivity contribution in [1.82, 2.24) is 5.32 Å². The van der Waals surface area contributed by atoms with Gasteiger partial charge in [-0.25, -0.2) is 0 Å². The van der Waals surface area contributed by atoms with Crippen LogP contribution < -0.4 is 10.2 Å². The highest BCUT2D eigenvalue weighted by Gasteiger charge is 2.18. The molecule has 0 unspecified atom stereocenters. The molecule has 0 aliphatic heterocycles. The SMILES string of the molecule is CC(=O)N(CCC(=O)NC1CCCCCC1)c1ccccc1Br. The largest absolute Gasteiger partial charge is 0.353 e. The third-order valence-electron chi connectivity index (χ3n) is 4.31. The van der Waals surface area contributed by atoms with Gasteiger partial charge in [-0.2, -0.15) is 0 Å². The number of benzene rings is 1. The molecule has 2 amide bonds. The number of rotatable bonds is 5. The Morgan fingerprint density at radius 2 is 1.83 bits per heavy atom. The van der Waals surface area contributed by atoms with Gasteiger partial charge in [0, 0.05) is 30.4 Å². The van der Waals surface area contributed by atoms with Gasteiger partial charge in [0.25, 0.3) is 0 Å². The van der Waals surface area contributed by atoms with Crippen LogP contribution >= 0.6 is 15.9 Å². The Labute approximate surface area is 146 Å². The molecule has 1 aliphatic carbocycles. The van der Waals surface area contributed by atoms with Gasteiger partial charge in [-0.1, -0.05) is 37.8 Å². The highest BCUT2D eigenvalue weighted by molar-refractivity contribution is 9.10. The molecule has 0 bridgehead atoms. The lowest BCUT2D eigenvalue weighted by molar-refractivity contribution is -0.121. The number of nitrogens with one attached hydrogen (secondary N) is 1. The normalized spacial score (nSPS) is 15.7. The van der Waals surface area contributed by atoms with Crippen molar-refractivity contribution >= 4 is 33.4 Å². The van der Waals surface area contributed by atoms with E-state index in [9.17, 15) is 9.59 Å². The number of hydrogen-bond donors (Lipinski definition) is 1. The maximum Gasteiger partial charge on any atom is 0.223 e. The van der Waals surface area contributed by atoms with Crippen molar-refractivity contribution in [2.45, 2.75) is 57.9 Å². The van der Waals surface area contributed by atoms with E-state index in [1.165, 1.54) is 32.6 Å². The zero-order valence-corrected chi connectivity index (χ0v) is 15.3. The van der Waals surface area contributed by atoms with Gasteiger partial charge in [-0.05, 0) is 40.9 Å². The lowest BCUT2D eigenvalue weighted by atomic mass is 10.1. The summed E-state index contributed by atoms with van der Waals surface area (Å²) in [5, 5.41) is 3.13. The molecule has 0 atom stereocenters. The fourth-order valence-corrected chi connectivity index (χ4v) is 3.55. The number of para-hydroxylation sites is 1. The Hall–Kier alpha value is -1.36. The molecule has 0 heterocycles. The van der Waals surface area contributed by atoms with Crippen molar-refractivity contribution in [1.29, 1.82) is 0 Å². The highest BCUT2D eigenvalue weighted by atomic mass is 79.9. The first kappa shape index (κ1) is 18.0. The van der Waals surface area contributed by atoms with Crippen molar-refractivity contribution in [3.63, 3.8) is 0 Å². The Bertz CT molecular complexity index is 540. The molecule has 1 N–H and O–H groups in total. The number of carbonyl (C=O) groups excluding carboxylic acids is 2. The maximum absolute atomic E-state index is 12.2. The molecule has 5 heteroatoms. The van der Waals surface area contributed by atoms with Crippen LogP contribution in [0.1, 0.15) is 51.9 Å². The van der Waals surface area contributed by atoms with Crippen molar-refractivity contribution in [2.24, 2.45) is 0 Å².